The van der Waals surface area contributed by atoms with Crippen LogP contribution in [0.4, 0.5) is 0 Å². The Morgan fingerprint density at radius 2 is 1.92 bits per heavy atom. The Balaban J connectivity index is 3.00. The van der Waals surface area contributed by atoms with E-state index in [0.29, 0.717) is 19.4 Å². The highest BCUT2D eigenvalue weighted by molar-refractivity contribution is 5.87. The van der Waals surface area contributed by atoms with Crippen LogP contribution in [0.15, 0.2) is 24.3 Å². The third-order valence-electron chi connectivity index (χ3n) is 4.18. The molecule has 0 aliphatic rings. The molecule has 2 amide bonds. The maximum absolute atomic E-state index is 12.6. The maximum Gasteiger partial charge on any atom is 0.243 e. The minimum Gasteiger partial charge on any atom is -0.497 e. The third kappa shape index (κ3) is 5.55. The monoisotopic (exact) mass is 334 g/mol. The first-order valence-electron chi connectivity index (χ1n) is 8.69. The topological polar surface area (TPSA) is 58.6 Å². The quantitative estimate of drug-likeness (QED) is 0.755. The molecular weight excluding hydrogens is 304 g/mol. The van der Waals surface area contributed by atoms with Gasteiger partial charge in [0, 0.05) is 19.0 Å². The lowest BCUT2D eigenvalue weighted by Gasteiger charge is -2.31. The van der Waals surface area contributed by atoms with Crippen molar-refractivity contribution < 1.29 is 14.3 Å². The predicted molar refractivity (Wildman–Crippen MR) is 95.8 cm³/mol. The second kappa shape index (κ2) is 9.96. The number of carbonyl (C=O) groups excluding carboxylic acids is 2. The molecule has 2 atom stereocenters. The Labute approximate surface area is 145 Å². The van der Waals surface area contributed by atoms with Gasteiger partial charge in [-0.3, -0.25) is 9.59 Å². The molecule has 0 unspecified atom stereocenters. The molecule has 1 rings (SSSR count). The third-order valence-corrected chi connectivity index (χ3v) is 4.18. The summed E-state index contributed by atoms with van der Waals surface area (Å²) < 4.78 is 5.24. The highest BCUT2D eigenvalue weighted by Gasteiger charge is 2.28. The molecule has 0 heterocycles. The van der Waals surface area contributed by atoms with Crippen molar-refractivity contribution in [3.05, 3.63) is 29.8 Å². The number of carbonyl (C=O) groups is 2. The van der Waals surface area contributed by atoms with Crippen LogP contribution in [0.1, 0.15) is 52.5 Å². The number of hydrogen-bond donors (Lipinski definition) is 1. The van der Waals surface area contributed by atoms with E-state index in [2.05, 4.69) is 5.32 Å². The van der Waals surface area contributed by atoms with Crippen LogP contribution < -0.4 is 10.1 Å². The first-order valence-corrected chi connectivity index (χ1v) is 8.69. The van der Waals surface area contributed by atoms with E-state index in [-0.39, 0.29) is 17.9 Å². The lowest BCUT2D eigenvalue weighted by molar-refractivity contribution is -0.141. The van der Waals surface area contributed by atoms with Crippen LogP contribution >= 0.6 is 0 Å². The molecule has 24 heavy (non-hydrogen) atoms. The first kappa shape index (κ1) is 20.0. The van der Waals surface area contributed by atoms with Gasteiger partial charge >= 0.3 is 0 Å². The SMILES string of the molecule is CCC(=O)N(Cc1cccc(OC)c1)[C@H](CC)C(=O)N[C@H](C)CC. The highest BCUT2D eigenvalue weighted by Crippen LogP contribution is 2.18. The van der Waals surface area contributed by atoms with Crippen LogP contribution in [0.25, 0.3) is 0 Å². The van der Waals surface area contributed by atoms with Gasteiger partial charge in [0.15, 0.2) is 0 Å². The Bertz CT molecular complexity index is 545. The Morgan fingerprint density at radius 1 is 1.21 bits per heavy atom. The van der Waals surface area contributed by atoms with Gasteiger partial charge in [0.05, 0.1) is 7.11 Å². The van der Waals surface area contributed by atoms with Gasteiger partial charge in [0.2, 0.25) is 11.8 Å². The van der Waals surface area contributed by atoms with E-state index in [1.54, 1.807) is 12.0 Å². The van der Waals surface area contributed by atoms with Gasteiger partial charge < -0.3 is 15.0 Å². The Morgan fingerprint density at radius 3 is 2.46 bits per heavy atom. The molecule has 0 radical (unpaired) electrons. The number of ether oxygens (including phenoxy) is 1. The second-order valence-electron chi connectivity index (χ2n) is 5.97. The van der Waals surface area contributed by atoms with Gasteiger partial charge in [0.25, 0.3) is 0 Å². The molecule has 0 saturated heterocycles. The molecule has 0 saturated carbocycles. The van der Waals surface area contributed by atoms with Gasteiger partial charge in [-0.15, -0.1) is 0 Å². The largest absolute Gasteiger partial charge is 0.497 e. The van der Waals surface area contributed by atoms with Crippen LogP contribution in [0.3, 0.4) is 0 Å². The van der Waals surface area contributed by atoms with Crippen molar-refractivity contribution in [3.8, 4) is 5.75 Å². The number of nitrogens with zero attached hydrogens (tertiary/aromatic N) is 1. The van der Waals surface area contributed by atoms with Gasteiger partial charge in [-0.25, -0.2) is 0 Å². The summed E-state index contributed by atoms with van der Waals surface area (Å²) >= 11 is 0. The van der Waals surface area contributed by atoms with Crippen molar-refractivity contribution >= 4 is 11.8 Å². The van der Waals surface area contributed by atoms with Crippen LogP contribution in [-0.4, -0.2) is 35.9 Å². The normalized spacial score (nSPS) is 13.0. The number of nitrogens with one attached hydrogen (secondary N) is 1. The zero-order valence-electron chi connectivity index (χ0n) is 15.5. The summed E-state index contributed by atoms with van der Waals surface area (Å²) in [4.78, 5) is 26.7. The van der Waals surface area contributed by atoms with E-state index >= 15 is 0 Å². The fourth-order valence-electron chi connectivity index (χ4n) is 2.53. The van der Waals surface area contributed by atoms with Crippen molar-refractivity contribution in [3.63, 3.8) is 0 Å². The summed E-state index contributed by atoms with van der Waals surface area (Å²) in [5.74, 6) is 0.633. The summed E-state index contributed by atoms with van der Waals surface area (Å²) in [6, 6.07) is 7.23. The van der Waals surface area contributed by atoms with Crippen molar-refractivity contribution in [2.24, 2.45) is 0 Å². The standard InChI is InChI=1S/C19H30N2O3/c1-6-14(4)20-19(23)17(7-2)21(18(22)8-3)13-15-10-9-11-16(12-15)24-5/h9-12,14,17H,6-8,13H2,1-5H3,(H,20,23)/t14-,17-/m1/s1. The predicted octanol–water partition coefficient (Wildman–Crippen LogP) is 3.13. The number of rotatable bonds is 9. The van der Waals surface area contributed by atoms with E-state index in [1.165, 1.54) is 0 Å². The summed E-state index contributed by atoms with van der Waals surface area (Å²) in [6.45, 7) is 8.15. The zero-order valence-corrected chi connectivity index (χ0v) is 15.5. The summed E-state index contributed by atoms with van der Waals surface area (Å²) in [6.07, 6.45) is 1.81. The summed E-state index contributed by atoms with van der Waals surface area (Å²) in [7, 11) is 1.61. The molecule has 5 heteroatoms. The molecule has 134 valence electrons. The molecule has 0 aliphatic carbocycles. The van der Waals surface area contributed by atoms with Gasteiger partial charge in [-0.05, 0) is 37.5 Å². The number of hydrogen-bond acceptors (Lipinski definition) is 3. The highest BCUT2D eigenvalue weighted by atomic mass is 16.5. The Kier molecular flexibility index (Phi) is 8.30. The average molecular weight is 334 g/mol. The number of methoxy groups -OCH3 is 1. The molecule has 1 N–H and O–H groups in total. The van der Waals surface area contributed by atoms with E-state index in [0.717, 1.165) is 17.7 Å². The van der Waals surface area contributed by atoms with E-state index in [9.17, 15) is 9.59 Å². The average Bonchev–Trinajstić information content (AvgIpc) is 2.60. The molecule has 0 aliphatic heterocycles. The number of amides is 2. The van der Waals surface area contributed by atoms with Gasteiger partial charge in [-0.1, -0.05) is 32.9 Å². The van der Waals surface area contributed by atoms with Crippen LogP contribution in [0.2, 0.25) is 0 Å². The van der Waals surface area contributed by atoms with E-state index in [4.69, 9.17) is 4.74 Å². The Hall–Kier alpha value is -2.04. The molecule has 1 aromatic rings. The van der Waals surface area contributed by atoms with Crippen LogP contribution in [-0.2, 0) is 16.1 Å². The second-order valence-corrected chi connectivity index (χ2v) is 5.97. The zero-order chi connectivity index (χ0) is 18.1. The molecule has 0 fully saturated rings. The molecule has 0 spiro atoms. The van der Waals surface area contributed by atoms with Crippen LogP contribution in [0.5, 0.6) is 5.75 Å². The van der Waals surface area contributed by atoms with Crippen LogP contribution in [0, 0.1) is 0 Å². The molecule has 0 bridgehead atoms. The summed E-state index contributed by atoms with van der Waals surface area (Å²) in [5.41, 5.74) is 0.950. The van der Waals surface area contributed by atoms with Gasteiger partial charge in [-0.2, -0.15) is 0 Å². The van der Waals surface area contributed by atoms with Crippen molar-refractivity contribution in [2.45, 2.75) is 65.6 Å². The fraction of sp³-hybridized carbons (Fsp3) is 0.579. The lowest BCUT2D eigenvalue weighted by atomic mass is 10.1. The fourth-order valence-corrected chi connectivity index (χ4v) is 2.53. The van der Waals surface area contributed by atoms with Gasteiger partial charge in [0.1, 0.15) is 11.8 Å². The lowest BCUT2D eigenvalue weighted by Crippen LogP contribution is -2.50. The maximum atomic E-state index is 12.6. The van der Waals surface area contributed by atoms with Crippen molar-refractivity contribution in [1.82, 2.24) is 10.2 Å². The minimum absolute atomic E-state index is 0.0241. The molecule has 0 aromatic heterocycles. The minimum atomic E-state index is -0.461. The molecule has 5 nitrogen and oxygen atoms in total. The molecular formula is C19H30N2O3. The van der Waals surface area contributed by atoms with Crippen molar-refractivity contribution in [1.29, 1.82) is 0 Å². The smallest absolute Gasteiger partial charge is 0.243 e. The summed E-state index contributed by atoms with van der Waals surface area (Å²) in [5, 5.41) is 2.99. The first-order chi connectivity index (χ1) is 11.5. The van der Waals surface area contributed by atoms with E-state index < -0.39 is 6.04 Å². The molecule has 1 aromatic carbocycles. The van der Waals surface area contributed by atoms with Crippen molar-refractivity contribution in [2.75, 3.05) is 7.11 Å². The van der Waals surface area contributed by atoms with E-state index in [1.807, 2.05) is 52.0 Å². The number of benzene rings is 1.